The third-order valence-corrected chi connectivity index (χ3v) is 2.89. The van der Waals surface area contributed by atoms with Crippen LogP contribution in [0.2, 0.25) is 5.02 Å². The zero-order valence-corrected chi connectivity index (χ0v) is 9.54. The van der Waals surface area contributed by atoms with Gasteiger partial charge in [0.15, 0.2) is 0 Å². The summed E-state index contributed by atoms with van der Waals surface area (Å²) < 4.78 is 5.26. The molecular weight excluding hydrogens is 228 g/mol. The van der Waals surface area contributed by atoms with Crippen LogP contribution in [0.3, 0.4) is 0 Å². The summed E-state index contributed by atoms with van der Waals surface area (Å²) in [6.45, 7) is 3.03. The van der Waals surface area contributed by atoms with E-state index in [1.54, 1.807) is 12.1 Å². The number of hydrogen-bond acceptors (Lipinski definition) is 3. The van der Waals surface area contributed by atoms with Gasteiger partial charge in [-0.2, -0.15) is 0 Å². The maximum absolute atomic E-state index is 11.0. The normalized spacial score (nSPS) is 16.2. The molecule has 0 aliphatic carbocycles. The van der Waals surface area contributed by atoms with E-state index < -0.39 is 5.91 Å². The Kier molecular flexibility index (Phi) is 3.31. The topological polar surface area (TPSA) is 55.6 Å². The summed E-state index contributed by atoms with van der Waals surface area (Å²) in [5.41, 5.74) is 6.54. The summed E-state index contributed by atoms with van der Waals surface area (Å²) in [4.78, 5) is 13.1. The molecule has 16 heavy (non-hydrogen) atoms. The van der Waals surface area contributed by atoms with Crippen LogP contribution < -0.4 is 10.6 Å². The molecule has 1 amide bonds. The van der Waals surface area contributed by atoms with Crippen molar-refractivity contribution in [3.05, 3.63) is 28.8 Å². The molecule has 0 aromatic heterocycles. The molecule has 1 aliphatic heterocycles. The number of benzene rings is 1. The Morgan fingerprint density at radius 2 is 2.06 bits per heavy atom. The second kappa shape index (κ2) is 4.72. The van der Waals surface area contributed by atoms with E-state index in [1.807, 2.05) is 6.07 Å². The molecule has 1 aromatic rings. The highest BCUT2D eigenvalue weighted by atomic mass is 35.5. The summed E-state index contributed by atoms with van der Waals surface area (Å²) in [5.74, 6) is -0.463. The minimum Gasteiger partial charge on any atom is -0.378 e. The van der Waals surface area contributed by atoms with Gasteiger partial charge >= 0.3 is 0 Å². The van der Waals surface area contributed by atoms with Crippen LogP contribution >= 0.6 is 11.6 Å². The van der Waals surface area contributed by atoms with Crippen molar-refractivity contribution in [1.82, 2.24) is 0 Å². The Morgan fingerprint density at radius 1 is 1.38 bits per heavy atom. The quantitative estimate of drug-likeness (QED) is 0.847. The van der Waals surface area contributed by atoms with Gasteiger partial charge in [-0.15, -0.1) is 0 Å². The van der Waals surface area contributed by atoms with Crippen molar-refractivity contribution >= 4 is 23.2 Å². The predicted octanol–water partition coefficient (Wildman–Crippen LogP) is 1.28. The van der Waals surface area contributed by atoms with E-state index >= 15 is 0 Å². The average molecular weight is 241 g/mol. The molecule has 0 saturated carbocycles. The first-order valence-electron chi connectivity index (χ1n) is 5.10. The monoisotopic (exact) mass is 240 g/mol. The van der Waals surface area contributed by atoms with Gasteiger partial charge in [-0.1, -0.05) is 11.6 Å². The molecule has 86 valence electrons. The van der Waals surface area contributed by atoms with Gasteiger partial charge in [-0.25, -0.2) is 0 Å². The Labute approximate surface area is 98.9 Å². The van der Waals surface area contributed by atoms with Crippen LogP contribution in [0.5, 0.6) is 0 Å². The molecule has 1 fully saturated rings. The Hall–Kier alpha value is -1.26. The third kappa shape index (κ3) is 2.28. The molecule has 4 nitrogen and oxygen atoms in total. The maximum Gasteiger partial charge on any atom is 0.248 e. The van der Waals surface area contributed by atoms with E-state index in [0.717, 1.165) is 18.8 Å². The zero-order valence-electron chi connectivity index (χ0n) is 8.78. The molecule has 5 heteroatoms. The van der Waals surface area contributed by atoms with Gasteiger partial charge < -0.3 is 15.4 Å². The number of amides is 1. The number of ether oxygens (including phenoxy) is 1. The SMILES string of the molecule is NC(=O)c1ccc(N2CCOCC2)c(Cl)c1. The summed E-state index contributed by atoms with van der Waals surface area (Å²) in [6.07, 6.45) is 0. The highest BCUT2D eigenvalue weighted by Gasteiger charge is 2.14. The minimum atomic E-state index is -0.463. The molecule has 2 N–H and O–H groups in total. The third-order valence-electron chi connectivity index (χ3n) is 2.58. The number of carbonyl (C=O) groups excluding carboxylic acids is 1. The van der Waals surface area contributed by atoms with E-state index in [-0.39, 0.29) is 0 Å². The van der Waals surface area contributed by atoms with Crippen LogP contribution in [0.1, 0.15) is 10.4 Å². The second-order valence-electron chi connectivity index (χ2n) is 3.63. The zero-order chi connectivity index (χ0) is 11.5. The first kappa shape index (κ1) is 11.2. The van der Waals surface area contributed by atoms with Crippen LogP contribution in [0.25, 0.3) is 0 Å². The smallest absolute Gasteiger partial charge is 0.248 e. The Morgan fingerprint density at radius 3 is 2.62 bits per heavy atom. The fraction of sp³-hybridized carbons (Fsp3) is 0.364. The second-order valence-corrected chi connectivity index (χ2v) is 4.04. The number of rotatable bonds is 2. The summed E-state index contributed by atoms with van der Waals surface area (Å²) >= 11 is 6.12. The van der Waals surface area contributed by atoms with Gasteiger partial charge in [0.25, 0.3) is 0 Å². The molecule has 1 heterocycles. The lowest BCUT2D eigenvalue weighted by molar-refractivity contribution is 0.1000. The predicted molar refractivity (Wildman–Crippen MR) is 63.0 cm³/mol. The summed E-state index contributed by atoms with van der Waals surface area (Å²) in [5, 5.41) is 0.554. The van der Waals surface area contributed by atoms with Gasteiger partial charge in [-0.3, -0.25) is 4.79 Å². The number of anilines is 1. The molecule has 1 aliphatic rings. The van der Waals surface area contributed by atoms with Crippen molar-refractivity contribution in [2.24, 2.45) is 5.73 Å². The highest BCUT2D eigenvalue weighted by Crippen LogP contribution is 2.27. The standard InChI is InChI=1S/C11H13ClN2O2/c12-9-7-8(11(13)15)1-2-10(9)14-3-5-16-6-4-14/h1-2,7H,3-6H2,(H2,13,15). The van der Waals surface area contributed by atoms with Crippen molar-refractivity contribution < 1.29 is 9.53 Å². The van der Waals surface area contributed by atoms with E-state index in [1.165, 1.54) is 0 Å². The van der Waals surface area contributed by atoms with Crippen LogP contribution in [-0.2, 0) is 4.74 Å². The molecule has 2 rings (SSSR count). The van der Waals surface area contributed by atoms with Crippen molar-refractivity contribution in [1.29, 1.82) is 0 Å². The molecule has 1 aromatic carbocycles. The summed E-state index contributed by atoms with van der Waals surface area (Å²) in [6, 6.07) is 5.13. The van der Waals surface area contributed by atoms with Gasteiger partial charge in [0, 0.05) is 18.7 Å². The fourth-order valence-corrected chi connectivity index (χ4v) is 2.02. The van der Waals surface area contributed by atoms with Gasteiger partial charge in [-0.05, 0) is 18.2 Å². The van der Waals surface area contributed by atoms with E-state index in [9.17, 15) is 4.79 Å². The molecule has 0 spiro atoms. The van der Waals surface area contributed by atoms with Gasteiger partial charge in [0.05, 0.1) is 23.9 Å². The first-order valence-corrected chi connectivity index (χ1v) is 5.48. The molecule has 0 radical (unpaired) electrons. The van der Waals surface area contributed by atoms with Crippen molar-refractivity contribution in [3.63, 3.8) is 0 Å². The minimum absolute atomic E-state index is 0.432. The summed E-state index contributed by atoms with van der Waals surface area (Å²) in [7, 11) is 0. The van der Waals surface area contributed by atoms with E-state index in [4.69, 9.17) is 22.1 Å². The van der Waals surface area contributed by atoms with Crippen LogP contribution in [0.4, 0.5) is 5.69 Å². The van der Waals surface area contributed by atoms with E-state index in [2.05, 4.69) is 4.90 Å². The van der Waals surface area contributed by atoms with Crippen LogP contribution in [0.15, 0.2) is 18.2 Å². The molecule has 0 unspecified atom stereocenters. The number of halogens is 1. The van der Waals surface area contributed by atoms with Crippen molar-refractivity contribution in [2.45, 2.75) is 0 Å². The van der Waals surface area contributed by atoms with Gasteiger partial charge in [0.2, 0.25) is 5.91 Å². The molecule has 0 bridgehead atoms. The largest absolute Gasteiger partial charge is 0.378 e. The number of nitrogens with zero attached hydrogens (tertiary/aromatic N) is 1. The fourth-order valence-electron chi connectivity index (χ4n) is 1.72. The average Bonchev–Trinajstić information content (AvgIpc) is 2.30. The lowest BCUT2D eigenvalue weighted by Crippen LogP contribution is -2.36. The number of nitrogens with two attached hydrogens (primary N) is 1. The van der Waals surface area contributed by atoms with Crippen LogP contribution in [0, 0.1) is 0 Å². The molecule has 1 saturated heterocycles. The lowest BCUT2D eigenvalue weighted by Gasteiger charge is -2.29. The number of hydrogen-bond donors (Lipinski definition) is 1. The first-order chi connectivity index (χ1) is 7.68. The Balaban J connectivity index is 2.24. The highest BCUT2D eigenvalue weighted by molar-refractivity contribution is 6.33. The maximum atomic E-state index is 11.0. The number of morpholine rings is 1. The van der Waals surface area contributed by atoms with Crippen molar-refractivity contribution in [2.75, 3.05) is 31.2 Å². The van der Waals surface area contributed by atoms with Gasteiger partial charge in [0.1, 0.15) is 0 Å². The molecule has 0 atom stereocenters. The number of primary amides is 1. The molecular formula is C11H13ClN2O2. The van der Waals surface area contributed by atoms with Crippen molar-refractivity contribution in [3.8, 4) is 0 Å². The van der Waals surface area contributed by atoms with E-state index in [0.29, 0.717) is 23.8 Å². The van der Waals surface area contributed by atoms with Crippen LogP contribution in [-0.4, -0.2) is 32.2 Å². The lowest BCUT2D eigenvalue weighted by atomic mass is 10.2. The number of carbonyl (C=O) groups is 1. The Bertz CT molecular complexity index is 403.